The van der Waals surface area contributed by atoms with Gasteiger partial charge in [-0.15, -0.1) is 0 Å². The molecule has 0 aromatic rings. The molecule has 1 aliphatic heterocycles. The maximum absolute atomic E-state index is 11.8. The smallest absolute Gasteiger partial charge is 0.222 e. The highest BCUT2D eigenvalue weighted by atomic mass is 16.2. The number of carbonyl (C=O) groups excluding carboxylic acids is 1. The van der Waals surface area contributed by atoms with Crippen molar-refractivity contribution in [3.8, 4) is 0 Å². The third-order valence-corrected chi connectivity index (χ3v) is 3.27. The van der Waals surface area contributed by atoms with Gasteiger partial charge in [-0.05, 0) is 18.3 Å². The molecule has 0 saturated heterocycles. The molecule has 0 N–H and O–H groups in total. The van der Waals surface area contributed by atoms with Crippen LogP contribution in [-0.4, -0.2) is 23.9 Å². The summed E-state index contributed by atoms with van der Waals surface area (Å²) in [5.74, 6) is 0.325. The SMILES string of the molecule is CCCCC(=O)N1CC=C(C(C)(C)C)CC1. The second kappa shape index (κ2) is 5.51. The van der Waals surface area contributed by atoms with Crippen LogP contribution >= 0.6 is 0 Å². The van der Waals surface area contributed by atoms with Gasteiger partial charge in [0.2, 0.25) is 5.91 Å². The van der Waals surface area contributed by atoms with E-state index in [0.29, 0.717) is 5.91 Å². The summed E-state index contributed by atoms with van der Waals surface area (Å²) in [6.07, 6.45) is 6.12. The minimum atomic E-state index is 0.262. The quantitative estimate of drug-likeness (QED) is 0.672. The minimum absolute atomic E-state index is 0.262. The number of hydrogen-bond acceptors (Lipinski definition) is 1. The number of amides is 1. The molecular weight excluding hydrogens is 198 g/mol. The highest BCUT2D eigenvalue weighted by Gasteiger charge is 2.22. The fraction of sp³-hybridized carbons (Fsp3) is 0.786. The third kappa shape index (κ3) is 3.66. The number of carbonyl (C=O) groups is 1. The fourth-order valence-corrected chi connectivity index (χ4v) is 2.06. The average Bonchev–Trinajstić information content (AvgIpc) is 2.25. The Morgan fingerprint density at radius 1 is 1.44 bits per heavy atom. The van der Waals surface area contributed by atoms with Crippen molar-refractivity contribution in [1.82, 2.24) is 4.90 Å². The predicted molar refractivity (Wildman–Crippen MR) is 68.3 cm³/mol. The second-order valence-electron chi connectivity index (χ2n) is 5.67. The minimum Gasteiger partial charge on any atom is -0.339 e. The topological polar surface area (TPSA) is 20.3 Å². The van der Waals surface area contributed by atoms with Crippen LogP contribution in [0.25, 0.3) is 0 Å². The van der Waals surface area contributed by atoms with Gasteiger partial charge in [0, 0.05) is 19.5 Å². The Morgan fingerprint density at radius 2 is 2.12 bits per heavy atom. The first-order valence-electron chi connectivity index (χ1n) is 6.42. The summed E-state index contributed by atoms with van der Waals surface area (Å²) in [5.41, 5.74) is 1.76. The molecule has 1 amide bonds. The highest BCUT2D eigenvalue weighted by Crippen LogP contribution is 2.30. The molecule has 2 nitrogen and oxygen atoms in total. The van der Waals surface area contributed by atoms with Crippen LogP contribution in [0, 0.1) is 5.41 Å². The molecule has 92 valence electrons. The summed E-state index contributed by atoms with van der Waals surface area (Å²) >= 11 is 0. The molecule has 0 aliphatic carbocycles. The molecule has 1 heterocycles. The molecule has 1 rings (SSSR count). The van der Waals surface area contributed by atoms with Gasteiger partial charge in [0.1, 0.15) is 0 Å². The first-order chi connectivity index (χ1) is 7.45. The van der Waals surface area contributed by atoms with Crippen molar-refractivity contribution in [2.24, 2.45) is 5.41 Å². The van der Waals surface area contributed by atoms with E-state index < -0.39 is 0 Å². The highest BCUT2D eigenvalue weighted by molar-refractivity contribution is 5.76. The first-order valence-corrected chi connectivity index (χ1v) is 6.42. The molecule has 0 bridgehead atoms. The molecule has 0 atom stereocenters. The van der Waals surface area contributed by atoms with E-state index >= 15 is 0 Å². The zero-order valence-corrected chi connectivity index (χ0v) is 11.2. The van der Waals surface area contributed by atoms with Crippen LogP contribution in [-0.2, 0) is 4.79 Å². The summed E-state index contributed by atoms with van der Waals surface area (Å²) in [6, 6.07) is 0. The van der Waals surface area contributed by atoms with Gasteiger partial charge in [0.05, 0.1) is 0 Å². The summed E-state index contributed by atoms with van der Waals surface area (Å²) in [7, 11) is 0. The van der Waals surface area contributed by atoms with Crippen LogP contribution < -0.4 is 0 Å². The fourth-order valence-electron chi connectivity index (χ4n) is 2.06. The molecule has 16 heavy (non-hydrogen) atoms. The van der Waals surface area contributed by atoms with Crippen molar-refractivity contribution in [1.29, 1.82) is 0 Å². The molecule has 0 radical (unpaired) electrons. The lowest BCUT2D eigenvalue weighted by atomic mass is 9.83. The Hall–Kier alpha value is -0.790. The van der Waals surface area contributed by atoms with Gasteiger partial charge in [0.25, 0.3) is 0 Å². The van der Waals surface area contributed by atoms with Gasteiger partial charge in [-0.3, -0.25) is 4.79 Å². The predicted octanol–water partition coefficient (Wildman–Crippen LogP) is 3.38. The van der Waals surface area contributed by atoms with Gasteiger partial charge in [-0.1, -0.05) is 45.8 Å². The Morgan fingerprint density at radius 3 is 2.56 bits per heavy atom. The van der Waals surface area contributed by atoms with Crippen LogP contribution in [0.4, 0.5) is 0 Å². The lowest BCUT2D eigenvalue weighted by Crippen LogP contribution is -2.36. The lowest BCUT2D eigenvalue weighted by Gasteiger charge is -2.32. The Kier molecular flexibility index (Phi) is 4.57. The van der Waals surface area contributed by atoms with Crippen LogP contribution in [0.2, 0.25) is 0 Å². The van der Waals surface area contributed by atoms with E-state index in [0.717, 1.165) is 38.8 Å². The Bertz CT molecular complexity index is 273. The van der Waals surface area contributed by atoms with Crippen LogP contribution in [0.15, 0.2) is 11.6 Å². The lowest BCUT2D eigenvalue weighted by molar-refractivity contribution is -0.131. The first kappa shape index (κ1) is 13.3. The molecule has 0 aromatic heterocycles. The number of nitrogens with zero attached hydrogens (tertiary/aromatic N) is 1. The van der Waals surface area contributed by atoms with Gasteiger partial charge < -0.3 is 4.90 Å². The molecule has 1 aliphatic rings. The van der Waals surface area contributed by atoms with Crippen molar-refractivity contribution in [3.63, 3.8) is 0 Å². The van der Waals surface area contributed by atoms with Crippen molar-refractivity contribution in [2.45, 2.75) is 53.4 Å². The van der Waals surface area contributed by atoms with Crippen molar-refractivity contribution in [2.75, 3.05) is 13.1 Å². The summed E-state index contributed by atoms with van der Waals surface area (Å²) in [6.45, 7) is 10.6. The van der Waals surface area contributed by atoms with Crippen LogP contribution in [0.1, 0.15) is 53.4 Å². The molecule has 2 heteroatoms. The zero-order valence-electron chi connectivity index (χ0n) is 11.2. The normalized spacial score (nSPS) is 17.2. The van der Waals surface area contributed by atoms with E-state index in [4.69, 9.17) is 0 Å². The van der Waals surface area contributed by atoms with E-state index in [9.17, 15) is 4.79 Å². The van der Waals surface area contributed by atoms with E-state index in [1.807, 2.05) is 4.90 Å². The number of unbranched alkanes of at least 4 members (excludes halogenated alkanes) is 1. The van der Waals surface area contributed by atoms with Gasteiger partial charge >= 0.3 is 0 Å². The average molecular weight is 223 g/mol. The molecule has 0 aromatic carbocycles. The zero-order chi connectivity index (χ0) is 12.2. The largest absolute Gasteiger partial charge is 0.339 e. The maximum Gasteiger partial charge on any atom is 0.222 e. The molecular formula is C14H25NO. The van der Waals surface area contributed by atoms with Crippen molar-refractivity contribution >= 4 is 5.91 Å². The standard InChI is InChI=1S/C14H25NO/c1-5-6-7-13(16)15-10-8-12(9-11-15)14(2,3)4/h8H,5-7,9-11H2,1-4H3. The van der Waals surface area contributed by atoms with Crippen molar-refractivity contribution in [3.05, 3.63) is 11.6 Å². The molecule has 0 spiro atoms. The van der Waals surface area contributed by atoms with E-state index in [2.05, 4.69) is 33.8 Å². The van der Waals surface area contributed by atoms with Gasteiger partial charge in [0.15, 0.2) is 0 Å². The number of rotatable bonds is 3. The van der Waals surface area contributed by atoms with E-state index in [1.165, 1.54) is 5.57 Å². The Balaban J connectivity index is 2.48. The Labute approximate surface area is 99.7 Å². The van der Waals surface area contributed by atoms with Gasteiger partial charge in [-0.2, -0.15) is 0 Å². The van der Waals surface area contributed by atoms with E-state index in [-0.39, 0.29) is 5.41 Å². The monoisotopic (exact) mass is 223 g/mol. The molecule has 0 fully saturated rings. The molecule has 0 unspecified atom stereocenters. The van der Waals surface area contributed by atoms with Crippen molar-refractivity contribution < 1.29 is 4.79 Å². The van der Waals surface area contributed by atoms with Gasteiger partial charge in [-0.25, -0.2) is 0 Å². The summed E-state index contributed by atoms with van der Waals surface area (Å²) in [5, 5.41) is 0. The number of hydrogen-bond donors (Lipinski definition) is 0. The van der Waals surface area contributed by atoms with Crippen LogP contribution in [0.3, 0.4) is 0 Å². The summed E-state index contributed by atoms with van der Waals surface area (Å²) < 4.78 is 0. The van der Waals surface area contributed by atoms with Crippen LogP contribution in [0.5, 0.6) is 0 Å². The third-order valence-electron chi connectivity index (χ3n) is 3.27. The second-order valence-corrected chi connectivity index (χ2v) is 5.67. The molecule has 0 saturated carbocycles. The summed E-state index contributed by atoms with van der Waals surface area (Å²) in [4.78, 5) is 13.8. The maximum atomic E-state index is 11.8. The van der Waals surface area contributed by atoms with E-state index in [1.54, 1.807) is 0 Å².